The van der Waals surface area contributed by atoms with Crippen LogP contribution in [0.15, 0.2) is 60.7 Å². The minimum atomic E-state index is -1.25. The van der Waals surface area contributed by atoms with Crippen molar-refractivity contribution < 1.29 is 44.6 Å². The van der Waals surface area contributed by atoms with Gasteiger partial charge in [0, 0.05) is 11.1 Å². The zero-order chi connectivity index (χ0) is 46.3. The Morgan fingerprint density at radius 1 is 0.426 bits per heavy atom. The number of amides is 8. The molecule has 2 aromatic heterocycles. The molecule has 0 aliphatic rings. The Balaban J connectivity index is -0.000000678. The number of rotatable bonds is 10. The zero-order valence-corrected chi connectivity index (χ0v) is 37.3. The van der Waals surface area contributed by atoms with Crippen LogP contribution < -0.4 is 33.6 Å². The number of urea groups is 4. The van der Waals surface area contributed by atoms with E-state index < -0.39 is 24.1 Å². The molecule has 0 aliphatic carbocycles. The van der Waals surface area contributed by atoms with Crippen LogP contribution in [0.5, 0.6) is 0 Å². The molecule has 0 aliphatic heterocycles. The van der Waals surface area contributed by atoms with Gasteiger partial charge in [0.05, 0.1) is 52.4 Å². The van der Waals surface area contributed by atoms with Crippen LogP contribution in [0, 0.1) is 0 Å². The van der Waals surface area contributed by atoms with Crippen LogP contribution in [0.2, 0.25) is 0 Å². The zero-order valence-electron chi connectivity index (χ0n) is 36.3. The van der Waals surface area contributed by atoms with Crippen molar-refractivity contribution in [2.45, 2.75) is 55.4 Å². The monoisotopic (exact) mass is 894 g/mol. The number of nitrogens with two attached hydrogens (primary N) is 4. The summed E-state index contributed by atoms with van der Waals surface area (Å²) in [4.78, 5) is 61.2. The van der Waals surface area contributed by atoms with Crippen molar-refractivity contribution in [3.05, 3.63) is 83.6 Å². The second kappa shape index (κ2) is 32.4. The van der Waals surface area contributed by atoms with E-state index in [0.29, 0.717) is 11.6 Å². The first-order valence-electron chi connectivity index (χ1n) is 19.2. The molecule has 61 heavy (non-hydrogen) atoms. The maximum Gasteiger partial charge on any atom is 2.00 e. The molecule has 0 unspecified atom stereocenters. The summed E-state index contributed by atoms with van der Waals surface area (Å²) in [6.07, 6.45) is 0. The van der Waals surface area contributed by atoms with Gasteiger partial charge in [-0.15, -0.1) is 0 Å². The predicted octanol–water partition coefficient (Wildman–Crippen LogP) is 7.01. The van der Waals surface area contributed by atoms with Crippen LogP contribution in [0.3, 0.4) is 0 Å². The molecule has 0 saturated heterocycles. The van der Waals surface area contributed by atoms with Gasteiger partial charge in [0.2, 0.25) is 23.8 Å². The van der Waals surface area contributed by atoms with Crippen molar-refractivity contribution in [2.24, 2.45) is 0 Å². The number of nitrogens with zero attached hydrogens (tertiary/aromatic N) is 8. The molecule has 8 amide bonds. The topological polar surface area (TPSA) is 369 Å². The van der Waals surface area contributed by atoms with E-state index in [1.165, 1.54) is 72.0 Å². The molecule has 340 valence electrons. The Morgan fingerprint density at radius 2 is 0.623 bits per heavy atom. The van der Waals surface area contributed by atoms with E-state index in [1.54, 1.807) is 0 Å². The number of quaternary nitrogens is 2. The van der Waals surface area contributed by atoms with Crippen LogP contribution in [0.4, 0.5) is 43.0 Å². The van der Waals surface area contributed by atoms with Crippen LogP contribution in [0.25, 0.3) is 45.7 Å². The number of anilines is 4. The van der Waals surface area contributed by atoms with Gasteiger partial charge in [-0.05, 0) is 55.4 Å². The molecular weight excluding hydrogens is 831 g/mol. The SMILES string of the molecule is CC[N+](CC)(CC)CC.CC[N+](CC)(CC)CC.Nc1nc(N)nc(-c2ccccc2)n1.Nc1nc(N)nc(-c2ccccc2)n1.[NH-]C(=O)NC([NH-])=O.[NH-]C(=O)NC([NH-])=O.[Ni+2]. The number of hydrogen-bond acceptors (Lipinski definition) is 14. The Bertz CT molecular complexity index is 1600. The normalized spacial score (nSPS) is 9.84. The third kappa shape index (κ3) is 26.3. The molecule has 2 aromatic carbocycles. The van der Waals surface area contributed by atoms with Gasteiger partial charge in [-0.1, -0.05) is 60.7 Å². The number of nitrogens with one attached hydrogen (secondary N) is 6. The molecule has 2 heterocycles. The summed E-state index contributed by atoms with van der Waals surface area (Å²) in [6.45, 7) is 28.4. The van der Waals surface area contributed by atoms with Crippen molar-refractivity contribution in [3.8, 4) is 22.8 Å². The van der Waals surface area contributed by atoms with Gasteiger partial charge >= 0.3 is 16.5 Å². The summed E-state index contributed by atoms with van der Waals surface area (Å²) in [7, 11) is 0. The molecule has 0 fully saturated rings. The molecule has 0 spiro atoms. The Kier molecular flexibility index (Phi) is 31.3. The van der Waals surface area contributed by atoms with E-state index in [0.717, 1.165) is 11.1 Å². The smallest absolute Gasteiger partial charge is 0.447 e. The first kappa shape index (κ1) is 58.9. The van der Waals surface area contributed by atoms with E-state index >= 15 is 0 Å². The van der Waals surface area contributed by atoms with Gasteiger partial charge in [-0.3, -0.25) is 19.2 Å². The van der Waals surface area contributed by atoms with Crippen LogP contribution >= 0.6 is 0 Å². The number of nitrogen functional groups attached to an aromatic ring is 4. The summed E-state index contributed by atoms with van der Waals surface area (Å²) in [5, 5.41) is 2.72. The molecule has 0 bridgehead atoms. The summed E-state index contributed by atoms with van der Waals surface area (Å²) < 4.78 is 2.56. The van der Waals surface area contributed by atoms with E-state index in [2.05, 4.69) is 85.3 Å². The van der Waals surface area contributed by atoms with Crippen molar-refractivity contribution in [3.63, 3.8) is 0 Å². The minimum Gasteiger partial charge on any atom is -0.447 e. The fourth-order valence-electron chi connectivity index (χ4n) is 5.14. The van der Waals surface area contributed by atoms with Gasteiger partial charge in [0.15, 0.2) is 35.8 Å². The molecule has 0 saturated carbocycles. The average molecular weight is 896 g/mol. The van der Waals surface area contributed by atoms with E-state index in [4.69, 9.17) is 45.9 Å². The van der Waals surface area contributed by atoms with Crippen molar-refractivity contribution in [1.29, 1.82) is 0 Å². The van der Waals surface area contributed by atoms with E-state index in [9.17, 15) is 19.2 Å². The maximum atomic E-state index is 9.47. The van der Waals surface area contributed by atoms with E-state index in [-0.39, 0.29) is 40.3 Å². The fourth-order valence-corrected chi connectivity index (χ4v) is 5.14. The minimum absolute atomic E-state index is 0. The van der Waals surface area contributed by atoms with Crippen molar-refractivity contribution in [1.82, 2.24) is 40.5 Å². The third-order valence-corrected chi connectivity index (χ3v) is 9.22. The molecule has 4 aromatic rings. The van der Waals surface area contributed by atoms with Crippen LogP contribution in [-0.2, 0) is 16.5 Å². The second-order valence-corrected chi connectivity index (χ2v) is 12.3. The molecule has 0 radical (unpaired) electrons. The van der Waals surface area contributed by atoms with Gasteiger partial charge in [0.1, 0.15) is 0 Å². The number of hydrogen-bond donors (Lipinski definition) is 6. The number of carbonyl (C=O) groups excluding carboxylic acids is 4. The van der Waals surface area contributed by atoms with Gasteiger partial charge in [0.25, 0.3) is 0 Å². The summed E-state index contributed by atoms with van der Waals surface area (Å²) in [5.41, 5.74) is 47.6. The first-order valence-corrected chi connectivity index (χ1v) is 19.2. The standard InChI is InChI=1S/2C9H9N5.2C8H20N.2C2H5N3O2.Ni/c2*10-8-12-7(13-9(11)14-8)6-4-2-1-3-5-6;2*1-5-9(6-2,7-3)8-4;2*3-1(6)5-2(4)7;/h2*1-5H,(H4,10,11,12,13,14);2*5-8H2,1-4H3;2*(H5,3,4,5,6,7);/q;;2*+1;;;+2/p-4. The Labute approximate surface area is 369 Å². The quantitative estimate of drug-likeness (QED) is 0.0689. The largest absolute Gasteiger partial charge is 2.00 e. The molecule has 22 nitrogen and oxygen atoms in total. The Hall–Kier alpha value is -6.45. The number of carbonyl (C=O) groups is 4. The fraction of sp³-hybridized carbons (Fsp3) is 0.421. The van der Waals surface area contributed by atoms with Crippen LogP contribution in [-0.4, -0.2) is 115 Å². The molecule has 0 atom stereocenters. The third-order valence-electron chi connectivity index (χ3n) is 9.22. The average Bonchev–Trinajstić information content (AvgIpc) is 3.20. The van der Waals surface area contributed by atoms with E-state index in [1.807, 2.05) is 60.7 Å². The van der Waals surface area contributed by atoms with Gasteiger partial charge in [-0.2, -0.15) is 29.9 Å². The van der Waals surface area contributed by atoms with Crippen molar-refractivity contribution in [2.75, 3.05) is 75.3 Å². The molecule has 4 rings (SSSR count). The summed E-state index contributed by atoms with van der Waals surface area (Å²) >= 11 is 0. The van der Waals surface area contributed by atoms with Gasteiger partial charge in [-0.25, -0.2) is 0 Å². The number of imide groups is 2. The second-order valence-electron chi connectivity index (χ2n) is 12.3. The molecular formula is C38H64N18NiO4. The molecule has 14 N–H and O–H groups in total. The number of aromatic nitrogens is 6. The Morgan fingerprint density at radius 3 is 0.754 bits per heavy atom. The predicted molar refractivity (Wildman–Crippen MR) is 238 cm³/mol. The summed E-state index contributed by atoms with van der Waals surface area (Å²) in [6, 6.07) is 13.9. The maximum absolute atomic E-state index is 9.47. The number of benzene rings is 2. The first-order chi connectivity index (χ1) is 28.2. The summed E-state index contributed by atoms with van der Waals surface area (Å²) in [5.74, 6) is 1.53. The van der Waals surface area contributed by atoms with Crippen LogP contribution in [0.1, 0.15) is 55.4 Å². The molecule has 23 heteroatoms. The van der Waals surface area contributed by atoms with Crippen molar-refractivity contribution >= 4 is 47.9 Å². The van der Waals surface area contributed by atoms with Gasteiger partial charge < -0.3 is 65.5 Å².